The molecule has 2 N–H and O–H groups in total. The summed E-state index contributed by atoms with van der Waals surface area (Å²) >= 11 is 0. The zero-order valence-corrected chi connectivity index (χ0v) is 5.59. The first kappa shape index (κ1) is 8.83. The molecular formula is C4H9N3O3. The molecule has 0 aliphatic heterocycles. The maximum Gasteiger partial charge on any atom is 0.277 e. The molecule has 0 aromatic carbocycles. The summed E-state index contributed by atoms with van der Waals surface area (Å²) in [5.74, 6) is -0.376. The van der Waals surface area contributed by atoms with Gasteiger partial charge in [-0.3, -0.25) is 20.2 Å². The van der Waals surface area contributed by atoms with Crippen molar-refractivity contribution in [3.8, 4) is 0 Å². The Bertz CT molecular complexity index is 136. The van der Waals surface area contributed by atoms with E-state index in [1.807, 2.05) is 0 Å². The molecule has 0 atom stereocenters. The summed E-state index contributed by atoms with van der Waals surface area (Å²) in [6, 6.07) is 0. The van der Waals surface area contributed by atoms with Gasteiger partial charge in [0.25, 0.3) is 6.67 Å². The van der Waals surface area contributed by atoms with E-state index < -0.39 is 11.6 Å². The van der Waals surface area contributed by atoms with E-state index in [0.29, 0.717) is 0 Å². The van der Waals surface area contributed by atoms with Gasteiger partial charge in [0.1, 0.15) is 0 Å². The number of nitrogens with zero attached hydrogens (tertiary/aromatic N) is 1. The van der Waals surface area contributed by atoms with Crippen LogP contribution in [0.5, 0.6) is 0 Å². The molecule has 0 aliphatic carbocycles. The highest BCUT2D eigenvalue weighted by Gasteiger charge is 2.00. The Morgan fingerprint density at radius 1 is 1.70 bits per heavy atom. The minimum atomic E-state index is -0.604. The van der Waals surface area contributed by atoms with Crippen LogP contribution in [0.3, 0.4) is 0 Å². The Morgan fingerprint density at radius 2 is 2.30 bits per heavy atom. The van der Waals surface area contributed by atoms with Crippen LogP contribution in [-0.2, 0) is 4.79 Å². The lowest BCUT2D eigenvalue weighted by Crippen LogP contribution is -2.35. The fourth-order valence-corrected chi connectivity index (χ4v) is 0.376. The van der Waals surface area contributed by atoms with Crippen molar-refractivity contribution in [1.82, 2.24) is 10.6 Å². The first-order valence-electron chi connectivity index (χ1n) is 2.70. The first-order valence-corrected chi connectivity index (χ1v) is 2.70. The number of hydrogen-bond acceptors (Lipinski definition) is 4. The molecule has 0 unspecified atom stereocenters. The summed E-state index contributed by atoms with van der Waals surface area (Å²) in [5, 5.41) is 14.3. The lowest BCUT2D eigenvalue weighted by atomic mass is 10.6. The molecule has 0 saturated heterocycles. The third kappa shape index (κ3) is 4.98. The molecule has 0 heterocycles. The van der Waals surface area contributed by atoms with Crippen molar-refractivity contribution >= 4 is 5.91 Å². The lowest BCUT2D eigenvalue weighted by molar-refractivity contribution is -0.483. The van der Waals surface area contributed by atoms with Crippen LogP contribution in [-0.4, -0.2) is 31.1 Å². The Labute approximate surface area is 57.7 Å². The van der Waals surface area contributed by atoms with E-state index in [-0.39, 0.29) is 12.5 Å². The van der Waals surface area contributed by atoms with E-state index in [1.54, 1.807) is 7.05 Å². The summed E-state index contributed by atoms with van der Waals surface area (Å²) < 4.78 is 0. The largest absolute Gasteiger partial charge is 0.311 e. The molecule has 0 spiro atoms. The maximum absolute atomic E-state index is 10.5. The number of carbonyl (C=O) groups excluding carboxylic acids is 1. The Kier molecular flexibility index (Phi) is 4.14. The number of carbonyl (C=O) groups is 1. The highest BCUT2D eigenvalue weighted by atomic mass is 16.6. The summed E-state index contributed by atoms with van der Waals surface area (Å²) in [7, 11) is 1.59. The molecule has 10 heavy (non-hydrogen) atoms. The molecule has 6 heteroatoms. The molecule has 0 radical (unpaired) electrons. The summed E-state index contributed by atoms with van der Waals surface area (Å²) in [4.78, 5) is 19.5. The van der Waals surface area contributed by atoms with Crippen LogP contribution in [0.2, 0.25) is 0 Å². The highest BCUT2D eigenvalue weighted by molar-refractivity contribution is 5.77. The number of hydrogen-bond donors (Lipinski definition) is 2. The van der Waals surface area contributed by atoms with E-state index in [1.165, 1.54) is 0 Å². The van der Waals surface area contributed by atoms with Gasteiger partial charge in [0, 0.05) is 4.92 Å². The number of nitrogens with one attached hydrogen (secondary N) is 2. The topological polar surface area (TPSA) is 84.3 Å². The Morgan fingerprint density at radius 3 is 2.70 bits per heavy atom. The van der Waals surface area contributed by atoms with Gasteiger partial charge in [0.05, 0.1) is 6.54 Å². The standard InChI is InChI=1S/C4H9N3O3/c1-5-2-4(8)6-3-7(9)10/h5H,2-3H2,1H3,(H,6,8). The van der Waals surface area contributed by atoms with Crippen molar-refractivity contribution < 1.29 is 9.72 Å². The molecule has 58 valence electrons. The summed E-state index contributed by atoms with van der Waals surface area (Å²) in [6.45, 7) is -0.408. The van der Waals surface area contributed by atoms with E-state index in [9.17, 15) is 14.9 Å². The predicted molar refractivity (Wildman–Crippen MR) is 33.9 cm³/mol. The van der Waals surface area contributed by atoms with Crippen LogP contribution in [0.15, 0.2) is 0 Å². The molecular weight excluding hydrogens is 138 g/mol. The van der Waals surface area contributed by atoms with Crippen LogP contribution in [0, 0.1) is 10.1 Å². The smallest absolute Gasteiger partial charge is 0.277 e. The second kappa shape index (κ2) is 4.68. The second-order valence-corrected chi connectivity index (χ2v) is 1.62. The Hall–Kier alpha value is -1.17. The SMILES string of the molecule is CNCC(=O)NC[N+](=O)[O-]. The first-order chi connectivity index (χ1) is 4.66. The summed E-state index contributed by atoms with van der Waals surface area (Å²) in [5.41, 5.74) is 0. The zero-order valence-electron chi connectivity index (χ0n) is 5.59. The van der Waals surface area contributed by atoms with Crippen LogP contribution in [0.25, 0.3) is 0 Å². The van der Waals surface area contributed by atoms with E-state index >= 15 is 0 Å². The minimum absolute atomic E-state index is 0.105. The monoisotopic (exact) mass is 147 g/mol. The van der Waals surface area contributed by atoms with Gasteiger partial charge >= 0.3 is 0 Å². The third-order valence-corrected chi connectivity index (χ3v) is 0.743. The average Bonchev–Trinajstić information content (AvgIpc) is 1.85. The van der Waals surface area contributed by atoms with Crippen LogP contribution < -0.4 is 10.6 Å². The summed E-state index contributed by atoms with van der Waals surface area (Å²) in [6.07, 6.45) is 0. The predicted octanol–water partition coefficient (Wildman–Crippen LogP) is -1.44. The number of amides is 1. The van der Waals surface area contributed by atoms with Gasteiger partial charge in [0.15, 0.2) is 0 Å². The number of nitro groups is 1. The molecule has 0 aromatic rings. The van der Waals surface area contributed by atoms with Crippen molar-refractivity contribution in [2.75, 3.05) is 20.3 Å². The number of rotatable bonds is 4. The highest BCUT2D eigenvalue weighted by Crippen LogP contribution is 1.64. The van der Waals surface area contributed by atoms with E-state index in [0.717, 1.165) is 0 Å². The van der Waals surface area contributed by atoms with Gasteiger partial charge in [-0.25, -0.2) is 0 Å². The second-order valence-electron chi connectivity index (χ2n) is 1.62. The number of likely N-dealkylation sites (N-methyl/N-ethyl adjacent to an activating group) is 1. The molecule has 6 nitrogen and oxygen atoms in total. The van der Waals surface area contributed by atoms with Crippen molar-refractivity contribution in [3.63, 3.8) is 0 Å². The molecule has 1 amide bonds. The van der Waals surface area contributed by atoms with E-state index in [2.05, 4.69) is 10.6 Å². The molecule has 0 aliphatic rings. The Balaban J connectivity index is 3.30. The van der Waals surface area contributed by atoms with Crippen LogP contribution >= 0.6 is 0 Å². The molecule has 0 fully saturated rings. The molecule has 0 saturated carbocycles. The maximum atomic E-state index is 10.5. The van der Waals surface area contributed by atoms with Gasteiger partial charge in [-0.1, -0.05) is 0 Å². The van der Waals surface area contributed by atoms with Crippen LogP contribution in [0.1, 0.15) is 0 Å². The lowest BCUT2D eigenvalue weighted by Gasteiger charge is -1.97. The normalized spacial score (nSPS) is 8.90. The van der Waals surface area contributed by atoms with Crippen molar-refractivity contribution in [3.05, 3.63) is 10.1 Å². The fourth-order valence-electron chi connectivity index (χ4n) is 0.376. The quantitative estimate of drug-likeness (QED) is 0.289. The van der Waals surface area contributed by atoms with E-state index in [4.69, 9.17) is 0 Å². The molecule has 0 aromatic heterocycles. The molecule has 0 rings (SSSR count). The molecule has 0 bridgehead atoms. The minimum Gasteiger partial charge on any atom is -0.311 e. The third-order valence-electron chi connectivity index (χ3n) is 0.743. The van der Waals surface area contributed by atoms with Gasteiger partial charge in [-0.15, -0.1) is 0 Å². The van der Waals surface area contributed by atoms with Crippen molar-refractivity contribution in [2.24, 2.45) is 0 Å². The van der Waals surface area contributed by atoms with Gasteiger partial charge < -0.3 is 5.32 Å². The van der Waals surface area contributed by atoms with Crippen molar-refractivity contribution in [2.45, 2.75) is 0 Å². The van der Waals surface area contributed by atoms with Gasteiger partial charge in [-0.2, -0.15) is 0 Å². The zero-order chi connectivity index (χ0) is 7.98. The van der Waals surface area contributed by atoms with Crippen LogP contribution in [0.4, 0.5) is 0 Å². The van der Waals surface area contributed by atoms with Gasteiger partial charge in [-0.05, 0) is 7.05 Å². The van der Waals surface area contributed by atoms with Gasteiger partial charge in [0.2, 0.25) is 5.91 Å². The average molecular weight is 147 g/mol. The fraction of sp³-hybridized carbons (Fsp3) is 0.750. The van der Waals surface area contributed by atoms with Crippen molar-refractivity contribution in [1.29, 1.82) is 0 Å².